The van der Waals surface area contributed by atoms with E-state index in [1.165, 1.54) is 12.3 Å². The number of likely N-dealkylation sites (tertiary alicyclic amines) is 1. The van der Waals surface area contributed by atoms with Gasteiger partial charge in [-0.3, -0.25) is 9.69 Å². The Bertz CT molecular complexity index is 634. The summed E-state index contributed by atoms with van der Waals surface area (Å²) >= 11 is 0. The second kappa shape index (κ2) is 7.39. The Hall–Kier alpha value is -2.18. The minimum atomic E-state index is -0.278. The van der Waals surface area contributed by atoms with E-state index in [1.54, 1.807) is 0 Å². The molecule has 1 amide bonds. The molecule has 2 N–H and O–H groups in total. The van der Waals surface area contributed by atoms with Crippen LogP contribution in [-0.2, 0) is 6.54 Å². The van der Waals surface area contributed by atoms with Gasteiger partial charge in [0.15, 0.2) is 5.69 Å². The third-order valence-corrected chi connectivity index (χ3v) is 4.23. The van der Waals surface area contributed by atoms with Gasteiger partial charge in [0, 0.05) is 24.9 Å². The Morgan fingerprint density at radius 3 is 2.87 bits per heavy atom. The number of rotatable bonds is 5. The monoisotopic (exact) mass is 315 g/mol. The largest absolute Gasteiger partial charge is 0.396 e. The summed E-state index contributed by atoms with van der Waals surface area (Å²) < 4.78 is 4.68. The summed E-state index contributed by atoms with van der Waals surface area (Å²) in [5.74, 6) is 0.166. The van der Waals surface area contributed by atoms with Crippen LogP contribution in [0, 0.1) is 5.92 Å². The first kappa shape index (κ1) is 15.7. The number of piperidine rings is 1. The van der Waals surface area contributed by atoms with Gasteiger partial charge in [-0.25, -0.2) is 0 Å². The quantitative estimate of drug-likeness (QED) is 0.884. The van der Waals surface area contributed by atoms with Gasteiger partial charge in [0.2, 0.25) is 0 Å². The highest BCUT2D eigenvalue weighted by Gasteiger charge is 2.18. The minimum Gasteiger partial charge on any atom is -0.396 e. The van der Waals surface area contributed by atoms with Crippen LogP contribution < -0.4 is 5.32 Å². The van der Waals surface area contributed by atoms with E-state index in [0.29, 0.717) is 5.92 Å². The lowest BCUT2D eigenvalue weighted by Gasteiger charge is -2.31. The molecule has 122 valence electrons. The molecule has 1 aliphatic rings. The smallest absolute Gasteiger partial charge is 0.277 e. The topological polar surface area (TPSA) is 78.6 Å². The number of carbonyl (C=O) groups is 1. The lowest BCUT2D eigenvalue weighted by molar-refractivity contribution is 0.101. The number of aliphatic hydroxyl groups excluding tert-OH is 1. The van der Waals surface area contributed by atoms with Crippen LogP contribution in [0.25, 0.3) is 0 Å². The molecule has 1 aliphatic heterocycles. The average molecular weight is 315 g/mol. The first-order valence-electron chi connectivity index (χ1n) is 7.88. The molecule has 6 nitrogen and oxygen atoms in total. The normalized spacial score (nSPS) is 16.4. The Morgan fingerprint density at radius 2 is 2.17 bits per heavy atom. The van der Waals surface area contributed by atoms with E-state index in [4.69, 9.17) is 0 Å². The van der Waals surface area contributed by atoms with Gasteiger partial charge < -0.3 is 14.9 Å². The van der Waals surface area contributed by atoms with E-state index in [0.717, 1.165) is 43.7 Å². The van der Waals surface area contributed by atoms with Gasteiger partial charge in [0.25, 0.3) is 5.91 Å². The Morgan fingerprint density at radius 1 is 1.35 bits per heavy atom. The van der Waals surface area contributed by atoms with Crippen LogP contribution in [0.15, 0.2) is 41.1 Å². The third-order valence-electron chi connectivity index (χ3n) is 4.23. The molecule has 0 aliphatic carbocycles. The van der Waals surface area contributed by atoms with Crippen molar-refractivity contribution in [3.8, 4) is 0 Å². The van der Waals surface area contributed by atoms with Gasteiger partial charge >= 0.3 is 0 Å². The van der Waals surface area contributed by atoms with Gasteiger partial charge in [0.1, 0.15) is 6.26 Å². The van der Waals surface area contributed by atoms with Crippen molar-refractivity contribution in [1.82, 2.24) is 10.1 Å². The van der Waals surface area contributed by atoms with Crippen LogP contribution in [0.5, 0.6) is 0 Å². The fraction of sp³-hybridized carbons (Fsp3) is 0.412. The first-order valence-corrected chi connectivity index (χ1v) is 7.88. The molecule has 23 heavy (non-hydrogen) atoms. The Kier molecular flexibility index (Phi) is 5.05. The number of nitrogens with zero attached hydrogens (tertiary/aromatic N) is 2. The summed E-state index contributed by atoms with van der Waals surface area (Å²) in [4.78, 5) is 14.4. The maximum atomic E-state index is 12.0. The van der Waals surface area contributed by atoms with Crippen molar-refractivity contribution in [2.45, 2.75) is 19.4 Å². The third kappa shape index (κ3) is 4.18. The van der Waals surface area contributed by atoms with Crippen molar-refractivity contribution in [2.75, 3.05) is 25.0 Å². The SMILES string of the molecule is O=C(Nc1cccc(CN2CCC(CO)CC2)c1)c1ccon1. The van der Waals surface area contributed by atoms with Crippen LogP contribution in [-0.4, -0.2) is 40.8 Å². The van der Waals surface area contributed by atoms with Crippen LogP contribution in [0.2, 0.25) is 0 Å². The lowest BCUT2D eigenvalue weighted by Crippen LogP contribution is -2.34. The molecule has 0 unspecified atom stereocenters. The van der Waals surface area contributed by atoms with Gasteiger partial charge in [-0.1, -0.05) is 17.3 Å². The standard InChI is InChI=1S/C17H21N3O3/c21-12-13-4-7-20(8-5-13)11-14-2-1-3-15(10-14)18-17(22)16-6-9-23-19-16/h1-3,6,9-10,13,21H,4-5,7-8,11-12H2,(H,18,22). The summed E-state index contributed by atoms with van der Waals surface area (Å²) in [6, 6.07) is 9.37. The summed E-state index contributed by atoms with van der Waals surface area (Å²) in [5, 5.41) is 15.6. The van der Waals surface area contributed by atoms with E-state index in [-0.39, 0.29) is 18.2 Å². The first-order chi connectivity index (χ1) is 11.2. The summed E-state index contributed by atoms with van der Waals surface area (Å²) in [5.41, 5.74) is 2.17. The van der Waals surface area contributed by atoms with Gasteiger partial charge in [-0.2, -0.15) is 0 Å². The maximum absolute atomic E-state index is 12.0. The molecule has 1 saturated heterocycles. The van der Waals surface area contributed by atoms with Crippen LogP contribution in [0.3, 0.4) is 0 Å². The number of amides is 1. The van der Waals surface area contributed by atoms with Crippen LogP contribution in [0.4, 0.5) is 5.69 Å². The number of nitrogens with one attached hydrogen (secondary N) is 1. The fourth-order valence-corrected chi connectivity index (χ4v) is 2.86. The molecule has 6 heteroatoms. The van der Waals surface area contributed by atoms with E-state index in [9.17, 15) is 9.90 Å². The van der Waals surface area contributed by atoms with Crippen molar-refractivity contribution < 1.29 is 14.4 Å². The zero-order valence-electron chi connectivity index (χ0n) is 12.9. The van der Waals surface area contributed by atoms with Crippen LogP contribution in [0.1, 0.15) is 28.9 Å². The fourth-order valence-electron chi connectivity index (χ4n) is 2.86. The molecule has 0 radical (unpaired) electrons. The highest BCUT2D eigenvalue weighted by Crippen LogP contribution is 2.20. The molecular formula is C17H21N3O3. The molecule has 1 aromatic carbocycles. The highest BCUT2D eigenvalue weighted by atomic mass is 16.5. The molecule has 0 spiro atoms. The second-order valence-electron chi connectivity index (χ2n) is 5.94. The molecule has 2 heterocycles. The average Bonchev–Trinajstić information content (AvgIpc) is 3.10. The van der Waals surface area contributed by atoms with E-state index >= 15 is 0 Å². The van der Waals surface area contributed by atoms with Crippen LogP contribution >= 0.6 is 0 Å². The molecule has 0 saturated carbocycles. The summed E-state index contributed by atoms with van der Waals surface area (Å²) in [7, 11) is 0. The second-order valence-corrected chi connectivity index (χ2v) is 5.94. The zero-order valence-corrected chi connectivity index (χ0v) is 12.9. The summed E-state index contributed by atoms with van der Waals surface area (Å²) in [6.07, 6.45) is 3.46. The molecule has 3 rings (SSSR count). The number of aromatic nitrogens is 1. The number of hydrogen-bond donors (Lipinski definition) is 2. The van der Waals surface area contributed by atoms with E-state index in [2.05, 4.69) is 26.0 Å². The number of anilines is 1. The predicted octanol–water partition coefficient (Wildman–Crippen LogP) is 2.13. The molecule has 0 atom stereocenters. The lowest BCUT2D eigenvalue weighted by atomic mass is 9.97. The number of aliphatic hydroxyl groups is 1. The molecule has 0 bridgehead atoms. The van der Waals surface area contributed by atoms with Gasteiger partial charge in [-0.05, 0) is 49.5 Å². The summed E-state index contributed by atoms with van der Waals surface area (Å²) in [6.45, 7) is 3.14. The van der Waals surface area contributed by atoms with Crippen molar-refractivity contribution in [2.24, 2.45) is 5.92 Å². The molecule has 1 aromatic heterocycles. The van der Waals surface area contributed by atoms with Gasteiger partial charge in [0.05, 0.1) is 0 Å². The molecular weight excluding hydrogens is 294 g/mol. The number of carbonyl (C=O) groups excluding carboxylic acids is 1. The zero-order chi connectivity index (χ0) is 16.1. The number of benzene rings is 1. The highest BCUT2D eigenvalue weighted by molar-refractivity contribution is 6.02. The predicted molar refractivity (Wildman–Crippen MR) is 86.0 cm³/mol. The van der Waals surface area contributed by atoms with Gasteiger partial charge in [-0.15, -0.1) is 0 Å². The van der Waals surface area contributed by atoms with Crippen molar-refractivity contribution in [3.63, 3.8) is 0 Å². The maximum Gasteiger partial charge on any atom is 0.277 e. The minimum absolute atomic E-state index is 0.265. The molecule has 2 aromatic rings. The number of hydrogen-bond acceptors (Lipinski definition) is 5. The molecule has 1 fully saturated rings. The van der Waals surface area contributed by atoms with Crippen molar-refractivity contribution >= 4 is 11.6 Å². The van der Waals surface area contributed by atoms with Crippen molar-refractivity contribution in [1.29, 1.82) is 0 Å². The van der Waals surface area contributed by atoms with E-state index < -0.39 is 0 Å². The Balaban J connectivity index is 1.58. The Labute approximate surface area is 135 Å². The van der Waals surface area contributed by atoms with E-state index in [1.807, 2.05) is 18.2 Å². The van der Waals surface area contributed by atoms with Crippen molar-refractivity contribution in [3.05, 3.63) is 47.9 Å².